The van der Waals surface area contributed by atoms with Crippen LogP contribution in [0.3, 0.4) is 0 Å². The Morgan fingerprint density at radius 3 is 3.22 bits per heavy atom. The first kappa shape index (κ1) is 11.7. The van der Waals surface area contributed by atoms with Gasteiger partial charge in [0.25, 0.3) is 5.91 Å². The van der Waals surface area contributed by atoms with Crippen LogP contribution in [-0.2, 0) is 16.1 Å². The second-order valence-electron chi connectivity index (χ2n) is 4.66. The van der Waals surface area contributed by atoms with Gasteiger partial charge in [0.2, 0.25) is 0 Å². The molecule has 2 aliphatic rings. The van der Waals surface area contributed by atoms with Gasteiger partial charge in [-0.3, -0.25) is 14.6 Å². The molecule has 1 unspecified atom stereocenters. The third-order valence-corrected chi connectivity index (χ3v) is 3.65. The molecule has 1 aromatic heterocycles. The number of amides is 1. The van der Waals surface area contributed by atoms with Crippen molar-refractivity contribution in [2.24, 2.45) is 0 Å². The van der Waals surface area contributed by atoms with Gasteiger partial charge in [0.1, 0.15) is 11.9 Å². The van der Waals surface area contributed by atoms with Gasteiger partial charge in [-0.2, -0.15) is 5.10 Å². The summed E-state index contributed by atoms with van der Waals surface area (Å²) in [6, 6.07) is 1.88. The molecule has 0 saturated carbocycles. The van der Waals surface area contributed by atoms with Crippen LogP contribution >= 0.6 is 0 Å². The number of nitrogens with zero attached hydrogens (tertiary/aromatic N) is 4. The average molecular weight is 250 g/mol. The number of hydrogen-bond acceptors (Lipinski definition) is 4. The number of rotatable bonds is 2. The summed E-state index contributed by atoms with van der Waals surface area (Å²) in [7, 11) is 0. The van der Waals surface area contributed by atoms with Crippen molar-refractivity contribution in [3.8, 4) is 0 Å². The quantitative estimate of drug-likeness (QED) is 0.738. The summed E-state index contributed by atoms with van der Waals surface area (Å²) in [4.78, 5) is 16.5. The summed E-state index contributed by atoms with van der Waals surface area (Å²) in [6.07, 6.45) is 1.40. The molecular formula is C12H18N4O2. The van der Waals surface area contributed by atoms with E-state index in [0.29, 0.717) is 19.7 Å². The third kappa shape index (κ3) is 1.91. The Morgan fingerprint density at radius 2 is 2.39 bits per heavy atom. The average Bonchev–Trinajstić information content (AvgIpc) is 3.00. The molecule has 1 atom stereocenters. The number of carbonyl (C=O) groups excluding carboxylic acids is 1. The molecule has 98 valence electrons. The highest BCUT2D eigenvalue weighted by molar-refractivity contribution is 5.96. The van der Waals surface area contributed by atoms with Crippen LogP contribution in [0.4, 0.5) is 5.82 Å². The maximum atomic E-state index is 12.5. The maximum Gasteiger partial charge on any atom is 0.258 e. The van der Waals surface area contributed by atoms with Gasteiger partial charge in [-0.25, -0.2) is 4.68 Å². The van der Waals surface area contributed by atoms with E-state index in [1.165, 1.54) is 0 Å². The highest BCUT2D eigenvalue weighted by atomic mass is 16.5. The summed E-state index contributed by atoms with van der Waals surface area (Å²) >= 11 is 0. The van der Waals surface area contributed by atoms with Crippen LogP contribution < -0.4 is 4.90 Å². The first-order valence-electron chi connectivity index (χ1n) is 6.46. The minimum absolute atomic E-state index is 0.0624. The van der Waals surface area contributed by atoms with Gasteiger partial charge in [0.15, 0.2) is 0 Å². The molecule has 2 aliphatic heterocycles. The molecular weight excluding hydrogens is 232 g/mol. The van der Waals surface area contributed by atoms with Crippen LogP contribution in [0, 0.1) is 0 Å². The number of ether oxygens (including phenoxy) is 1. The number of aromatic nitrogens is 2. The monoisotopic (exact) mass is 250 g/mol. The fraction of sp³-hybridized carbons (Fsp3) is 0.667. The van der Waals surface area contributed by atoms with E-state index in [1.807, 2.05) is 10.7 Å². The number of morpholine rings is 1. The zero-order valence-electron chi connectivity index (χ0n) is 10.6. The number of anilines is 1. The van der Waals surface area contributed by atoms with Crippen molar-refractivity contribution in [1.82, 2.24) is 14.7 Å². The first-order valence-corrected chi connectivity index (χ1v) is 6.46. The second kappa shape index (κ2) is 4.70. The molecule has 1 saturated heterocycles. The molecule has 3 heterocycles. The van der Waals surface area contributed by atoms with Gasteiger partial charge < -0.3 is 4.74 Å². The SMILES string of the molecule is CCN1CCOC(C(=O)N2CCn3nccc32)C1. The van der Waals surface area contributed by atoms with Crippen LogP contribution in [0.5, 0.6) is 0 Å². The van der Waals surface area contributed by atoms with Crippen LogP contribution in [0.1, 0.15) is 6.92 Å². The van der Waals surface area contributed by atoms with Gasteiger partial charge in [0.05, 0.1) is 19.3 Å². The number of fused-ring (bicyclic) bond motifs is 1. The zero-order chi connectivity index (χ0) is 12.5. The molecule has 18 heavy (non-hydrogen) atoms. The fourth-order valence-electron chi connectivity index (χ4n) is 2.57. The van der Waals surface area contributed by atoms with Crippen molar-refractivity contribution in [2.45, 2.75) is 19.6 Å². The van der Waals surface area contributed by atoms with Crippen LogP contribution in [0.25, 0.3) is 0 Å². The molecule has 0 spiro atoms. The summed E-state index contributed by atoms with van der Waals surface area (Å²) in [5.41, 5.74) is 0. The molecule has 0 radical (unpaired) electrons. The van der Waals surface area contributed by atoms with E-state index in [1.54, 1.807) is 11.1 Å². The summed E-state index contributed by atoms with van der Waals surface area (Å²) in [6.45, 7) is 6.80. The second-order valence-corrected chi connectivity index (χ2v) is 4.66. The normalized spacial score (nSPS) is 24.3. The smallest absolute Gasteiger partial charge is 0.258 e. The van der Waals surface area contributed by atoms with Gasteiger partial charge >= 0.3 is 0 Å². The minimum atomic E-state index is -0.333. The van der Waals surface area contributed by atoms with Crippen molar-refractivity contribution >= 4 is 11.7 Å². The van der Waals surface area contributed by atoms with Crippen LogP contribution in [-0.4, -0.2) is 59.5 Å². The Bertz CT molecular complexity index is 445. The largest absolute Gasteiger partial charge is 0.366 e. The van der Waals surface area contributed by atoms with Crippen molar-refractivity contribution < 1.29 is 9.53 Å². The number of likely N-dealkylation sites (N-methyl/N-ethyl adjacent to an activating group) is 1. The minimum Gasteiger partial charge on any atom is -0.366 e. The van der Waals surface area contributed by atoms with Crippen molar-refractivity contribution in [3.63, 3.8) is 0 Å². The standard InChI is InChI=1S/C12H18N4O2/c1-2-14-7-8-18-10(9-14)12(17)15-5-6-16-11(15)3-4-13-16/h3-4,10H,2,5-9H2,1H3. The third-order valence-electron chi connectivity index (χ3n) is 3.65. The van der Waals surface area contributed by atoms with Crippen LogP contribution in [0.2, 0.25) is 0 Å². The molecule has 0 bridgehead atoms. The zero-order valence-corrected chi connectivity index (χ0v) is 10.6. The lowest BCUT2D eigenvalue weighted by molar-refractivity contribution is -0.135. The molecule has 0 aliphatic carbocycles. The van der Waals surface area contributed by atoms with E-state index in [0.717, 1.165) is 25.5 Å². The first-order chi connectivity index (χ1) is 8.79. The Balaban J connectivity index is 1.72. The highest BCUT2D eigenvalue weighted by Gasteiger charge is 2.33. The molecule has 1 aromatic rings. The van der Waals surface area contributed by atoms with E-state index >= 15 is 0 Å². The van der Waals surface area contributed by atoms with Gasteiger partial charge in [-0.15, -0.1) is 0 Å². The molecule has 0 N–H and O–H groups in total. The Kier molecular flexibility index (Phi) is 3.05. The van der Waals surface area contributed by atoms with Crippen molar-refractivity contribution in [2.75, 3.05) is 37.7 Å². The van der Waals surface area contributed by atoms with Crippen LogP contribution in [0.15, 0.2) is 12.3 Å². The lowest BCUT2D eigenvalue weighted by Crippen LogP contribution is -2.50. The van der Waals surface area contributed by atoms with Crippen molar-refractivity contribution in [1.29, 1.82) is 0 Å². The maximum absolute atomic E-state index is 12.5. The topological polar surface area (TPSA) is 50.6 Å². The van der Waals surface area contributed by atoms with Gasteiger partial charge in [-0.05, 0) is 6.54 Å². The van der Waals surface area contributed by atoms with Gasteiger partial charge in [0, 0.05) is 25.7 Å². The Labute approximate surface area is 106 Å². The number of hydrogen-bond donors (Lipinski definition) is 0. The van der Waals surface area contributed by atoms with Gasteiger partial charge in [-0.1, -0.05) is 6.92 Å². The lowest BCUT2D eigenvalue weighted by Gasteiger charge is -2.32. The molecule has 3 rings (SSSR count). The van der Waals surface area contributed by atoms with E-state index in [4.69, 9.17) is 4.74 Å². The molecule has 1 fully saturated rings. The van der Waals surface area contributed by atoms with E-state index in [2.05, 4.69) is 16.9 Å². The predicted molar refractivity (Wildman–Crippen MR) is 66.4 cm³/mol. The van der Waals surface area contributed by atoms with E-state index in [-0.39, 0.29) is 12.0 Å². The fourth-order valence-corrected chi connectivity index (χ4v) is 2.57. The molecule has 0 aromatic carbocycles. The molecule has 6 heteroatoms. The Hall–Kier alpha value is -1.40. The summed E-state index contributed by atoms with van der Waals surface area (Å²) < 4.78 is 7.47. The highest BCUT2D eigenvalue weighted by Crippen LogP contribution is 2.22. The molecule has 6 nitrogen and oxygen atoms in total. The van der Waals surface area contributed by atoms with E-state index < -0.39 is 0 Å². The summed E-state index contributed by atoms with van der Waals surface area (Å²) in [5.74, 6) is 0.949. The van der Waals surface area contributed by atoms with E-state index in [9.17, 15) is 4.79 Å². The number of carbonyl (C=O) groups is 1. The Morgan fingerprint density at radius 1 is 1.50 bits per heavy atom. The van der Waals surface area contributed by atoms with Crippen molar-refractivity contribution in [3.05, 3.63) is 12.3 Å². The lowest BCUT2D eigenvalue weighted by atomic mass is 10.2. The molecule has 1 amide bonds. The predicted octanol–water partition coefficient (Wildman–Crippen LogP) is -0.0496. The summed E-state index contributed by atoms with van der Waals surface area (Å²) in [5, 5.41) is 4.18.